The van der Waals surface area contributed by atoms with E-state index >= 15 is 0 Å². The van der Waals surface area contributed by atoms with Gasteiger partial charge in [-0.25, -0.2) is 0 Å². The van der Waals surface area contributed by atoms with Crippen LogP contribution in [0.25, 0.3) is 0 Å². The Kier molecular flexibility index (Phi) is 4.51. The Bertz CT molecular complexity index is 161. The largest absolute Gasteiger partial charge is 0.0845 e. The van der Waals surface area contributed by atoms with Crippen LogP contribution in [0.1, 0.15) is 32.1 Å². The minimum absolute atomic E-state index is 1.03. The molecular formula is C11H15. The Morgan fingerprint density at radius 1 is 1.00 bits per heavy atom. The molecule has 0 saturated heterocycles. The topological polar surface area (TPSA) is 0 Å². The fraction of sp³-hybridized carbons (Fsp3) is 0.455. The van der Waals surface area contributed by atoms with Gasteiger partial charge in [0.1, 0.15) is 0 Å². The summed E-state index contributed by atoms with van der Waals surface area (Å²) in [5.41, 5.74) is 0. The predicted molar refractivity (Wildman–Crippen MR) is 49.2 cm³/mol. The van der Waals surface area contributed by atoms with Crippen LogP contribution in [0.4, 0.5) is 0 Å². The molecule has 0 nitrogen and oxygen atoms in total. The van der Waals surface area contributed by atoms with Gasteiger partial charge in [0.05, 0.1) is 0 Å². The number of hydrogen-bond donors (Lipinski definition) is 0. The molecule has 0 heterocycles. The molecule has 0 N–H and O–H groups in total. The summed E-state index contributed by atoms with van der Waals surface area (Å²) in [6, 6.07) is 0. The van der Waals surface area contributed by atoms with Gasteiger partial charge in [-0.3, -0.25) is 0 Å². The van der Waals surface area contributed by atoms with Crippen LogP contribution in [-0.2, 0) is 0 Å². The van der Waals surface area contributed by atoms with Gasteiger partial charge >= 0.3 is 0 Å². The molecule has 0 aromatic heterocycles. The zero-order chi connectivity index (χ0) is 7.78. The first-order valence-corrected chi connectivity index (χ1v) is 4.37. The molecule has 0 aliphatic heterocycles. The van der Waals surface area contributed by atoms with Gasteiger partial charge in [0.25, 0.3) is 0 Å². The van der Waals surface area contributed by atoms with Gasteiger partial charge in [-0.15, -0.1) is 0 Å². The molecule has 0 aromatic carbocycles. The molecule has 1 aliphatic rings. The van der Waals surface area contributed by atoms with Crippen molar-refractivity contribution in [2.75, 3.05) is 0 Å². The lowest BCUT2D eigenvalue weighted by atomic mass is 10.2. The molecule has 11 heavy (non-hydrogen) atoms. The van der Waals surface area contributed by atoms with E-state index in [4.69, 9.17) is 0 Å². The average Bonchev–Trinajstić information content (AvgIpc) is 2.08. The van der Waals surface area contributed by atoms with E-state index < -0.39 is 0 Å². The van der Waals surface area contributed by atoms with E-state index in [0.29, 0.717) is 0 Å². The normalized spacial score (nSPS) is 19.6. The average molecular weight is 147 g/mol. The van der Waals surface area contributed by atoms with Gasteiger partial charge in [0.2, 0.25) is 0 Å². The summed E-state index contributed by atoms with van der Waals surface area (Å²) in [5.74, 6) is 0. The SMILES string of the molecule is [C]1=CCC=CC=CCCCC1. The third-order valence-electron chi connectivity index (χ3n) is 1.72. The highest BCUT2D eigenvalue weighted by Gasteiger charge is 1.84. The van der Waals surface area contributed by atoms with Gasteiger partial charge in [0.15, 0.2) is 0 Å². The Balaban J connectivity index is 2.35. The second-order valence-electron chi connectivity index (χ2n) is 2.75. The fourth-order valence-electron chi connectivity index (χ4n) is 1.07. The minimum atomic E-state index is 1.03. The van der Waals surface area contributed by atoms with Crippen molar-refractivity contribution in [3.63, 3.8) is 0 Å². The summed E-state index contributed by atoms with van der Waals surface area (Å²) in [4.78, 5) is 0. The molecule has 0 atom stereocenters. The van der Waals surface area contributed by atoms with E-state index in [2.05, 4.69) is 36.5 Å². The van der Waals surface area contributed by atoms with Gasteiger partial charge in [0, 0.05) is 0 Å². The molecular weight excluding hydrogens is 132 g/mol. The maximum Gasteiger partial charge on any atom is -0.0160 e. The van der Waals surface area contributed by atoms with Crippen molar-refractivity contribution < 1.29 is 0 Å². The van der Waals surface area contributed by atoms with Crippen molar-refractivity contribution in [2.45, 2.75) is 32.1 Å². The van der Waals surface area contributed by atoms with Crippen LogP contribution in [0, 0.1) is 6.08 Å². The summed E-state index contributed by atoms with van der Waals surface area (Å²) >= 11 is 0. The Labute approximate surface area is 69.3 Å². The number of allylic oxidation sites excluding steroid dienone is 6. The molecule has 1 rings (SSSR count). The van der Waals surface area contributed by atoms with E-state index in [1.807, 2.05) is 0 Å². The van der Waals surface area contributed by atoms with E-state index in [-0.39, 0.29) is 0 Å². The van der Waals surface area contributed by atoms with Crippen LogP contribution in [0.2, 0.25) is 0 Å². The number of rotatable bonds is 0. The van der Waals surface area contributed by atoms with Crippen LogP contribution in [0.15, 0.2) is 30.4 Å². The monoisotopic (exact) mass is 147 g/mol. The van der Waals surface area contributed by atoms with Crippen molar-refractivity contribution in [3.8, 4) is 0 Å². The van der Waals surface area contributed by atoms with Gasteiger partial charge in [-0.1, -0.05) is 30.4 Å². The lowest BCUT2D eigenvalue weighted by Gasteiger charge is -1.90. The summed E-state index contributed by atoms with van der Waals surface area (Å²) in [6.07, 6.45) is 20.0. The molecule has 0 fully saturated rings. The molecule has 0 bridgehead atoms. The summed E-state index contributed by atoms with van der Waals surface area (Å²) < 4.78 is 0. The molecule has 1 aliphatic carbocycles. The van der Waals surface area contributed by atoms with Crippen molar-refractivity contribution in [1.29, 1.82) is 0 Å². The molecule has 0 heteroatoms. The Morgan fingerprint density at radius 2 is 1.91 bits per heavy atom. The van der Waals surface area contributed by atoms with Crippen LogP contribution in [0.3, 0.4) is 0 Å². The molecule has 0 spiro atoms. The third-order valence-corrected chi connectivity index (χ3v) is 1.72. The van der Waals surface area contributed by atoms with Crippen LogP contribution in [-0.4, -0.2) is 0 Å². The van der Waals surface area contributed by atoms with Gasteiger partial charge in [-0.2, -0.15) is 0 Å². The minimum Gasteiger partial charge on any atom is -0.0845 e. The maximum absolute atomic E-state index is 3.28. The first-order chi connectivity index (χ1) is 5.50. The van der Waals surface area contributed by atoms with E-state index in [1.54, 1.807) is 0 Å². The zero-order valence-corrected chi connectivity index (χ0v) is 6.92. The summed E-state index contributed by atoms with van der Waals surface area (Å²) in [5, 5.41) is 0. The highest BCUT2D eigenvalue weighted by Crippen LogP contribution is 2.03. The molecule has 0 aromatic rings. The molecule has 59 valence electrons. The zero-order valence-electron chi connectivity index (χ0n) is 6.92. The van der Waals surface area contributed by atoms with Crippen molar-refractivity contribution in [1.82, 2.24) is 0 Å². The summed E-state index contributed by atoms with van der Waals surface area (Å²) in [7, 11) is 0. The van der Waals surface area contributed by atoms with Crippen LogP contribution < -0.4 is 0 Å². The lowest BCUT2D eigenvalue weighted by molar-refractivity contribution is 0.753. The molecule has 0 amide bonds. The molecule has 0 unspecified atom stereocenters. The smallest absolute Gasteiger partial charge is 0.0160 e. The first kappa shape index (κ1) is 8.32. The third kappa shape index (κ3) is 4.60. The van der Waals surface area contributed by atoms with Gasteiger partial charge in [-0.05, 0) is 38.2 Å². The number of hydrogen-bond acceptors (Lipinski definition) is 0. The van der Waals surface area contributed by atoms with E-state index in [0.717, 1.165) is 12.8 Å². The molecule has 0 saturated carbocycles. The van der Waals surface area contributed by atoms with Crippen molar-refractivity contribution in [2.24, 2.45) is 0 Å². The first-order valence-electron chi connectivity index (χ1n) is 4.37. The fourth-order valence-corrected chi connectivity index (χ4v) is 1.07. The quantitative estimate of drug-likeness (QED) is 0.492. The Morgan fingerprint density at radius 3 is 2.91 bits per heavy atom. The maximum atomic E-state index is 3.28. The highest BCUT2D eigenvalue weighted by molar-refractivity contribution is 5.04. The second-order valence-corrected chi connectivity index (χ2v) is 2.75. The summed E-state index contributed by atoms with van der Waals surface area (Å²) in [6.45, 7) is 0. The van der Waals surface area contributed by atoms with E-state index in [9.17, 15) is 0 Å². The predicted octanol–water partition coefficient (Wildman–Crippen LogP) is 3.42. The van der Waals surface area contributed by atoms with E-state index in [1.165, 1.54) is 19.3 Å². The van der Waals surface area contributed by atoms with Crippen LogP contribution in [0.5, 0.6) is 0 Å². The lowest BCUT2D eigenvalue weighted by Crippen LogP contribution is -1.71. The Hall–Kier alpha value is -0.780. The van der Waals surface area contributed by atoms with Gasteiger partial charge < -0.3 is 0 Å². The van der Waals surface area contributed by atoms with Crippen LogP contribution >= 0.6 is 0 Å². The second kappa shape index (κ2) is 5.96. The highest BCUT2D eigenvalue weighted by atomic mass is 13.9. The van der Waals surface area contributed by atoms with Crippen molar-refractivity contribution >= 4 is 0 Å². The molecule has 1 radical (unpaired) electrons. The van der Waals surface area contributed by atoms with Crippen molar-refractivity contribution in [3.05, 3.63) is 36.5 Å². The standard InChI is InChI=1S/C11H15/c1-2-4-6-8-10-11-9-7-5-3-1/h1-4,7H,5-6,8,10-11H2.